The zero-order chi connectivity index (χ0) is 15.5. The topological polar surface area (TPSA) is 58.6 Å². The van der Waals surface area contributed by atoms with E-state index >= 15 is 0 Å². The summed E-state index contributed by atoms with van der Waals surface area (Å²) in [7, 11) is -0.310. The molecule has 0 aromatic heterocycles. The highest BCUT2D eigenvalue weighted by atomic mass is 32.2. The standard InChI is InChI=1S/C15H24N2O3S/c1-12(11-20-3)17(2)21(18,19)15-8-4-13(5-9-15)10-16-14-6-7-14/h4-5,8-9,12,14,16H,6-7,10-11H2,1-3H3. The van der Waals surface area contributed by atoms with Crippen LogP contribution in [0.2, 0.25) is 0 Å². The molecular weight excluding hydrogens is 288 g/mol. The van der Waals surface area contributed by atoms with Crippen molar-refractivity contribution in [3.8, 4) is 0 Å². The van der Waals surface area contributed by atoms with Gasteiger partial charge in [-0.2, -0.15) is 4.31 Å². The molecule has 2 rings (SSSR count). The zero-order valence-electron chi connectivity index (χ0n) is 12.9. The first kappa shape index (κ1) is 16.4. The van der Waals surface area contributed by atoms with E-state index in [1.165, 1.54) is 17.1 Å². The highest BCUT2D eigenvalue weighted by Gasteiger charge is 2.25. The van der Waals surface area contributed by atoms with Gasteiger partial charge in [-0.15, -0.1) is 0 Å². The minimum absolute atomic E-state index is 0.198. The van der Waals surface area contributed by atoms with Crippen LogP contribution in [-0.4, -0.2) is 45.6 Å². The Morgan fingerprint density at radius 1 is 1.33 bits per heavy atom. The minimum atomic E-state index is -3.46. The average molecular weight is 312 g/mol. The molecule has 1 fully saturated rings. The van der Waals surface area contributed by atoms with Gasteiger partial charge in [0.1, 0.15) is 0 Å². The summed E-state index contributed by atoms with van der Waals surface area (Å²) in [5.41, 5.74) is 1.11. The Balaban J connectivity index is 2.04. The third-order valence-electron chi connectivity index (χ3n) is 3.80. The second-order valence-corrected chi connectivity index (χ2v) is 7.62. The molecule has 0 radical (unpaired) electrons. The molecule has 0 saturated heterocycles. The number of sulfonamides is 1. The smallest absolute Gasteiger partial charge is 0.243 e. The number of methoxy groups -OCH3 is 1. The molecule has 21 heavy (non-hydrogen) atoms. The Bertz CT molecular complexity index is 553. The molecule has 118 valence electrons. The number of rotatable bonds is 8. The molecule has 1 unspecified atom stereocenters. The first-order chi connectivity index (χ1) is 9.95. The Morgan fingerprint density at radius 3 is 2.48 bits per heavy atom. The summed E-state index contributed by atoms with van der Waals surface area (Å²) < 4.78 is 31.4. The molecule has 1 atom stereocenters. The molecule has 0 bridgehead atoms. The fraction of sp³-hybridized carbons (Fsp3) is 0.600. The second-order valence-electron chi connectivity index (χ2n) is 5.62. The van der Waals surface area contributed by atoms with Gasteiger partial charge in [0, 0.05) is 32.8 Å². The van der Waals surface area contributed by atoms with Crippen LogP contribution >= 0.6 is 0 Å². The maximum atomic E-state index is 12.5. The average Bonchev–Trinajstić information content (AvgIpc) is 3.29. The molecule has 1 aliphatic rings. The van der Waals surface area contributed by atoms with Crippen molar-refractivity contribution < 1.29 is 13.2 Å². The van der Waals surface area contributed by atoms with Gasteiger partial charge < -0.3 is 10.1 Å². The van der Waals surface area contributed by atoms with Crippen LogP contribution in [0.5, 0.6) is 0 Å². The number of nitrogens with one attached hydrogen (secondary N) is 1. The Hall–Kier alpha value is -0.950. The van der Waals surface area contributed by atoms with Crippen LogP contribution in [0.15, 0.2) is 29.2 Å². The summed E-state index contributed by atoms with van der Waals surface area (Å²) in [6, 6.07) is 7.55. The highest BCUT2D eigenvalue weighted by Crippen LogP contribution is 2.20. The lowest BCUT2D eigenvalue weighted by atomic mass is 10.2. The molecule has 5 nitrogen and oxygen atoms in total. The summed E-state index contributed by atoms with van der Waals surface area (Å²) in [6.45, 7) is 3.00. The Labute approximate surface area is 127 Å². The van der Waals surface area contributed by atoms with Gasteiger partial charge in [0.15, 0.2) is 0 Å². The molecule has 0 amide bonds. The quantitative estimate of drug-likeness (QED) is 0.792. The maximum absolute atomic E-state index is 12.5. The third-order valence-corrected chi connectivity index (χ3v) is 5.79. The predicted octanol–water partition coefficient (Wildman–Crippen LogP) is 1.59. The van der Waals surface area contributed by atoms with Crippen LogP contribution in [0.25, 0.3) is 0 Å². The van der Waals surface area contributed by atoms with E-state index in [-0.39, 0.29) is 6.04 Å². The molecule has 1 saturated carbocycles. The number of hydrogen-bond donors (Lipinski definition) is 1. The van der Waals surface area contributed by atoms with Crippen LogP contribution in [-0.2, 0) is 21.3 Å². The first-order valence-electron chi connectivity index (χ1n) is 7.24. The molecule has 1 aromatic carbocycles. The van der Waals surface area contributed by atoms with Gasteiger partial charge in [-0.25, -0.2) is 8.42 Å². The molecule has 0 aliphatic heterocycles. The van der Waals surface area contributed by atoms with Gasteiger partial charge >= 0.3 is 0 Å². The molecular formula is C15H24N2O3S. The lowest BCUT2D eigenvalue weighted by Crippen LogP contribution is -2.37. The summed E-state index contributed by atoms with van der Waals surface area (Å²) in [5, 5.41) is 3.41. The van der Waals surface area contributed by atoms with E-state index < -0.39 is 10.0 Å². The van der Waals surface area contributed by atoms with Gasteiger partial charge in [-0.05, 0) is 37.5 Å². The first-order valence-corrected chi connectivity index (χ1v) is 8.68. The van der Waals surface area contributed by atoms with Crippen molar-refractivity contribution in [3.63, 3.8) is 0 Å². The van der Waals surface area contributed by atoms with E-state index in [1.54, 1.807) is 26.3 Å². The van der Waals surface area contributed by atoms with Crippen molar-refractivity contribution in [2.45, 2.75) is 43.3 Å². The number of hydrogen-bond acceptors (Lipinski definition) is 4. The van der Waals surface area contributed by atoms with Gasteiger partial charge in [0.05, 0.1) is 11.5 Å². The Morgan fingerprint density at radius 2 is 1.95 bits per heavy atom. The fourth-order valence-corrected chi connectivity index (χ4v) is 3.43. The summed E-state index contributed by atoms with van der Waals surface area (Å²) in [6.07, 6.45) is 2.49. The number of benzene rings is 1. The van der Waals surface area contributed by atoms with Crippen molar-refractivity contribution in [3.05, 3.63) is 29.8 Å². The SMILES string of the molecule is COCC(C)N(C)S(=O)(=O)c1ccc(CNC2CC2)cc1. The largest absolute Gasteiger partial charge is 0.383 e. The van der Waals surface area contributed by atoms with Gasteiger partial charge in [0.25, 0.3) is 0 Å². The number of ether oxygens (including phenoxy) is 1. The Kier molecular flexibility index (Phi) is 5.37. The van der Waals surface area contributed by atoms with E-state index in [2.05, 4.69) is 5.32 Å². The lowest BCUT2D eigenvalue weighted by molar-refractivity contribution is 0.149. The van der Waals surface area contributed by atoms with Crippen molar-refractivity contribution in [1.82, 2.24) is 9.62 Å². The van der Waals surface area contributed by atoms with E-state index in [4.69, 9.17) is 4.74 Å². The monoisotopic (exact) mass is 312 g/mol. The number of likely N-dealkylation sites (N-methyl/N-ethyl adjacent to an activating group) is 1. The van der Waals surface area contributed by atoms with Gasteiger partial charge in [-0.1, -0.05) is 12.1 Å². The molecule has 0 heterocycles. The fourth-order valence-electron chi connectivity index (χ4n) is 2.08. The van der Waals surface area contributed by atoms with Crippen molar-refractivity contribution in [2.24, 2.45) is 0 Å². The summed E-state index contributed by atoms with van der Waals surface area (Å²) in [5.74, 6) is 0. The van der Waals surface area contributed by atoms with Gasteiger partial charge in [0.2, 0.25) is 10.0 Å². The van der Waals surface area contributed by atoms with E-state index in [0.717, 1.165) is 12.1 Å². The zero-order valence-corrected chi connectivity index (χ0v) is 13.7. The molecule has 1 aromatic rings. The summed E-state index contributed by atoms with van der Waals surface area (Å²) >= 11 is 0. The lowest BCUT2D eigenvalue weighted by Gasteiger charge is -2.23. The van der Waals surface area contributed by atoms with Crippen LogP contribution in [0.4, 0.5) is 0 Å². The molecule has 1 N–H and O–H groups in total. The van der Waals surface area contributed by atoms with E-state index in [0.29, 0.717) is 17.5 Å². The van der Waals surface area contributed by atoms with Crippen LogP contribution in [0.3, 0.4) is 0 Å². The second kappa shape index (κ2) is 6.87. The molecule has 0 spiro atoms. The normalized spacial score (nSPS) is 17.1. The molecule has 6 heteroatoms. The predicted molar refractivity (Wildman–Crippen MR) is 82.6 cm³/mol. The van der Waals surface area contributed by atoms with Crippen LogP contribution < -0.4 is 5.32 Å². The minimum Gasteiger partial charge on any atom is -0.383 e. The van der Waals surface area contributed by atoms with Gasteiger partial charge in [-0.3, -0.25) is 0 Å². The van der Waals surface area contributed by atoms with E-state index in [1.807, 2.05) is 19.1 Å². The third kappa shape index (κ3) is 4.26. The van der Waals surface area contributed by atoms with E-state index in [9.17, 15) is 8.42 Å². The molecule has 1 aliphatic carbocycles. The maximum Gasteiger partial charge on any atom is 0.243 e. The van der Waals surface area contributed by atoms with Crippen molar-refractivity contribution in [2.75, 3.05) is 20.8 Å². The number of nitrogens with zero attached hydrogens (tertiary/aromatic N) is 1. The highest BCUT2D eigenvalue weighted by molar-refractivity contribution is 7.89. The summed E-state index contributed by atoms with van der Waals surface area (Å²) in [4.78, 5) is 0.322. The van der Waals surface area contributed by atoms with Crippen molar-refractivity contribution >= 4 is 10.0 Å². The van der Waals surface area contributed by atoms with Crippen molar-refractivity contribution in [1.29, 1.82) is 0 Å². The van der Waals surface area contributed by atoms with Crippen LogP contribution in [0.1, 0.15) is 25.3 Å². The van der Waals surface area contributed by atoms with Crippen LogP contribution in [0, 0.1) is 0 Å².